The van der Waals surface area contributed by atoms with E-state index in [1.165, 1.54) is 5.48 Å². The Morgan fingerprint density at radius 1 is 1.36 bits per heavy atom. The van der Waals surface area contributed by atoms with Gasteiger partial charge in [-0.05, 0) is 6.42 Å². The first-order valence-electron chi connectivity index (χ1n) is 3.00. The summed E-state index contributed by atoms with van der Waals surface area (Å²) < 4.78 is 0. The van der Waals surface area contributed by atoms with Crippen LogP contribution in [0.5, 0.6) is 0 Å². The fourth-order valence-electron chi connectivity index (χ4n) is 0.502. The minimum absolute atomic E-state index is 0.0117. The van der Waals surface area contributed by atoms with Gasteiger partial charge in [0, 0.05) is 18.0 Å². The number of nitroso groups, excluding NO2 is 1. The molecule has 0 aromatic rings. The number of hydroxylamine groups is 1. The normalized spacial score (nSPS) is 8.82. The summed E-state index contributed by atoms with van der Waals surface area (Å²) in [4.78, 5) is 30.0. The van der Waals surface area contributed by atoms with Crippen molar-refractivity contribution in [1.29, 1.82) is 0 Å². The summed E-state index contributed by atoms with van der Waals surface area (Å²) in [7, 11) is 0. The van der Waals surface area contributed by atoms with E-state index in [4.69, 9.17) is 5.21 Å². The Morgan fingerprint density at radius 3 is 2.45 bits per heavy atom. The molecule has 0 spiro atoms. The molecule has 0 atom stereocenters. The zero-order valence-corrected chi connectivity index (χ0v) is 5.74. The number of carbonyl (C=O) groups is 2. The second-order valence-corrected chi connectivity index (χ2v) is 1.87. The van der Waals surface area contributed by atoms with Crippen LogP contribution in [0.15, 0.2) is 5.18 Å². The number of carbonyl (C=O) groups excluding carboxylic acids is 2. The molecule has 0 aliphatic rings. The molecule has 0 aromatic carbocycles. The van der Waals surface area contributed by atoms with Gasteiger partial charge in [0.05, 0.1) is 0 Å². The van der Waals surface area contributed by atoms with E-state index < -0.39 is 11.8 Å². The zero-order valence-electron chi connectivity index (χ0n) is 5.74. The molecule has 0 radical (unpaired) electrons. The molecule has 0 rings (SSSR count). The number of nitrogens with zero attached hydrogens (tertiary/aromatic N) is 1. The predicted molar refractivity (Wildman–Crippen MR) is 34.6 cm³/mol. The highest BCUT2D eigenvalue weighted by Crippen LogP contribution is 1.96. The molecule has 0 bridgehead atoms. The van der Waals surface area contributed by atoms with Crippen LogP contribution >= 0.6 is 0 Å². The molecule has 62 valence electrons. The fraction of sp³-hybridized carbons (Fsp3) is 0.600. The van der Waals surface area contributed by atoms with Crippen molar-refractivity contribution in [2.45, 2.75) is 19.3 Å². The monoisotopic (exact) mass is 160 g/mol. The molecule has 0 aliphatic carbocycles. The Morgan fingerprint density at radius 2 is 2.00 bits per heavy atom. The summed E-state index contributed by atoms with van der Waals surface area (Å²) in [5.74, 6) is -1.36. The van der Waals surface area contributed by atoms with E-state index in [9.17, 15) is 14.5 Å². The summed E-state index contributed by atoms with van der Waals surface area (Å²) >= 11 is 0. The van der Waals surface area contributed by atoms with Gasteiger partial charge in [-0.15, -0.1) is 4.91 Å². The molecule has 0 aliphatic heterocycles. The number of hydrogen-bond donors (Lipinski definition) is 2. The summed E-state index contributed by atoms with van der Waals surface area (Å²) in [6.07, 6.45) is 0.172. The van der Waals surface area contributed by atoms with Crippen LogP contribution in [0.2, 0.25) is 0 Å². The van der Waals surface area contributed by atoms with Crippen LogP contribution in [-0.2, 0) is 9.59 Å². The standard InChI is InChI=1S/C5H8N2O4/c8-4(6-10)2-1-3-5(9)7-11/h10H,1-3H2,(H,6,8). The highest BCUT2D eigenvalue weighted by molar-refractivity contribution is 5.78. The lowest BCUT2D eigenvalue weighted by Crippen LogP contribution is -2.18. The van der Waals surface area contributed by atoms with E-state index in [0.29, 0.717) is 0 Å². The van der Waals surface area contributed by atoms with Gasteiger partial charge in [0.1, 0.15) is 0 Å². The summed E-state index contributed by atoms with van der Waals surface area (Å²) in [6.45, 7) is 0. The first kappa shape index (κ1) is 9.70. The van der Waals surface area contributed by atoms with E-state index in [1.54, 1.807) is 0 Å². The van der Waals surface area contributed by atoms with E-state index in [2.05, 4.69) is 5.18 Å². The summed E-state index contributed by atoms with van der Waals surface area (Å²) in [5, 5.41) is 10.1. The van der Waals surface area contributed by atoms with Gasteiger partial charge in [0.2, 0.25) is 5.91 Å². The Hall–Kier alpha value is -1.30. The molecule has 0 saturated carbocycles. The van der Waals surface area contributed by atoms with Gasteiger partial charge in [0.25, 0.3) is 5.91 Å². The third kappa shape index (κ3) is 5.16. The first-order chi connectivity index (χ1) is 5.20. The Bertz CT molecular complexity index is 168. The van der Waals surface area contributed by atoms with E-state index in [0.717, 1.165) is 0 Å². The van der Waals surface area contributed by atoms with Crippen molar-refractivity contribution in [3.63, 3.8) is 0 Å². The molecule has 6 heteroatoms. The Kier molecular flexibility index (Phi) is 4.83. The van der Waals surface area contributed by atoms with E-state index >= 15 is 0 Å². The number of rotatable bonds is 4. The lowest BCUT2D eigenvalue weighted by atomic mass is 10.2. The third-order valence-corrected chi connectivity index (χ3v) is 1.02. The summed E-state index contributed by atoms with van der Waals surface area (Å²) in [5.41, 5.74) is 1.40. The van der Waals surface area contributed by atoms with Gasteiger partial charge in [-0.1, -0.05) is 0 Å². The number of hydrogen-bond acceptors (Lipinski definition) is 4. The molecule has 0 heterocycles. The molecule has 0 aromatic heterocycles. The fourth-order valence-corrected chi connectivity index (χ4v) is 0.502. The highest BCUT2D eigenvalue weighted by Gasteiger charge is 2.03. The molecule has 2 amide bonds. The van der Waals surface area contributed by atoms with Gasteiger partial charge in [-0.3, -0.25) is 14.8 Å². The van der Waals surface area contributed by atoms with Crippen LogP contribution in [0.1, 0.15) is 19.3 Å². The van der Waals surface area contributed by atoms with Crippen molar-refractivity contribution < 1.29 is 14.8 Å². The Balaban J connectivity index is 3.34. The second kappa shape index (κ2) is 5.48. The average Bonchev–Trinajstić information content (AvgIpc) is 2.04. The van der Waals surface area contributed by atoms with Gasteiger partial charge < -0.3 is 0 Å². The summed E-state index contributed by atoms with van der Waals surface area (Å²) in [6, 6.07) is 0. The topological polar surface area (TPSA) is 95.8 Å². The van der Waals surface area contributed by atoms with Crippen molar-refractivity contribution in [3.05, 3.63) is 4.91 Å². The molecule has 6 nitrogen and oxygen atoms in total. The molecule has 0 saturated heterocycles. The lowest BCUT2D eigenvalue weighted by molar-refractivity contribution is -0.129. The van der Waals surface area contributed by atoms with Crippen molar-refractivity contribution in [2.24, 2.45) is 5.18 Å². The highest BCUT2D eigenvalue weighted by atomic mass is 16.5. The quantitative estimate of drug-likeness (QED) is 0.342. The van der Waals surface area contributed by atoms with Crippen molar-refractivity contribution in [2.75, 3.05) is 0 Å². The van der Waals surface area contributed by atoms with Gasteiger partial charge >= 0.3 is 0 Å². The molecule has 0 unspecified atom stereocenters. The van der Waals surface area contributed by atoms with E-state index in [1.807, 2.05) is 0 Å². The van der Waals surface area contributed by atoms with Crippen molar-refractivity contribution in [3.8, 4) is 0 Å². The van der Waals surface area contributed by atoms with E-state index in [-0.39, 0.29) is 19.3 Å². The molecule has 2 N–H and O–H groups in total. The molecule has 11 heavy (non-hydrogen) atoms. The first-order valence-corrected chi connectivity index (χ1v) is 3.00. The average molecular weight is 160 g/mol. The maximum absolute atomic E-state index is 10.3. The van der Waals surface area contributed by atoms with Gasteiger partial charge in [-0.2, -0.15) is 0 Å². The van der Waals surface area contributed by atoms with Gasteiger partial charge in [0.15, 0.2) is 0 Å². The van der Waals surface area contributed by atoms with Gasteiger partial charge in [-0.25, -0.2) is 5.48 Å². The van der Waals surface area contributed by atoms with Crippen LogP contribution in [0.25, 0.3) is 0 Å². The molecular formula is C5H8N2O4. The zero-order chi connectivity index (χ0) is 8.69. The SMILES string of the molecule is O=NC(=O)CCCC(=O)NO. The van der Waals surface area contributed by atoms with Crippen LogP contribution in [-0.4, -0.2) is 17.0 Å². The smallest absolute Gasteiger partial charge is 0.286 e. The Labute approximate surface area is 62.5 Å². The minimum atomic E-state index is -0.782. The van der Waals surface area contributed by atoms with Crippen LogP contribution in [0.4, 0.5) is 0 Å². The van der Waals surface area contributed by atoms with Crippen LogP contribution in [0, 0.1) is 4.91 Å². The lowest BCUT2D eigenvalue weighted by Gasteiger charge is -1.94. The third-order valence-electron chi connectivity index (χ3n) is 1.02. The maximum atomic E-state index is 10.3. The van der Waals surface area contributed by atoms with Crippen LogP contribution < -0.4 is 5.48 Å². The van der Waals surface area contributed by atoms with Crippen molar-refractivity contribution >= 4 is 11.8 Å². The van der Waals surface area contributed by atoms with Crippen LogP contribution in [0.3, 0.4) is 0 Å². The van der Waals surface area contributed by atoms with Crippen molar-refractivity contribution in [1.82, 2.24) is 5.48 Å². The molecule has 0 fully saturated rings. The second-order valence-electron chi connectivity index (χ2n) is 1.87. The number of amides is 2. The largest absolute Gasteiger partial charge is 0.289 e. The molecular weight excluding hydrogens is 152 g/mol. The maximum Gasteiger partial charge on any atom is 0.286 e. The predicted octanol–water partition coefficient (Wildman–Crippen LogP) is -0.0449. The minimum Gasteiger partial charge on any atom is -0.289 e. The number of nitrogens with one attached hydrogen (secondary N) is 1.